The van der Waals surface area contributed by atoms with Gasteiger partial charge in [-0.2, -0.15) is 0 Å². The number of nitrogens with zero attached hydrogens (tertiary/aromatic N) is 3. The van der Waals surface area contributed by atoms with Crippen molar-refractivity contribution in [1.82, 2.24) is 4.57 Å². The zero-order chi connectivity index (χ0) is 11.7. The maximum atomic E-state index is 11.3. The molecule has 0 aliphatic carbocycles. The van der Waals surface area contributed by atoms with E-state index in [1.807, 2.05) is 0 Å². The van der Waals surface area contributed by atoms with Gasteiger partial charge in [-0.3, -0.25) is 25.0 Å². The van der Waals surface area contributed by atoms with Gasteiger partial charge in [-0.1, -0.05) is 0 Å². The molecular formula is C7H7N3O5. The van der Waals surface area contributed by atoms with E-state index in [1.54, 1.807) is 0 Å². The third-order valence-electron chi connectivity index (χ3n) is 2.06. The van der Waals surface area contributed by atoms with Crippen molar-refractivity contribution in [2.24, 2.45) is 7.05 Å². The predicted molar refractivity (Wildman–Crippen MR) is 49.7 cm³/mol. The van der Waals surface area contributed by atoms with Gasteiger partial charge in [0.1, 0.15) is 6.07 Å². The van der Waals surface area contributed by atoms with Gasteiger partial charge in [-0.25, -0.2) is 0 Å². The van der Waals surface area contributed by atoms with Gasteiger partial charge in [0, 0.05) is 7.05 Å². The largest absolute Gasteiger partial charge is 0.340 e. The second-order valence-electron chi connectivity index (χ2n) is 2.88. The average Bonchev–Trinajstić information content (AvgIpc) is 2.13. The molecule has 1 rings (SSSR count). The van der Waals surface area contributed by atoms with E-state index in [9.17, 15) is 25.0 Å². The Labute approximate surface area is 83.1 Å². The molecule has 8 heteroatoms. The van der Waals surface area contributed by atoms with Crippen molar-refractivity contribution in [2.75, 3.05) is 0 Å². The number of hydrogen-bond acceptors (Lipinski definition) is 5. The third-order valence-corrected chi connectivity index (χ3v) is 2.06. The maximum absolute atomic E-state index is 11.3. The highest BCUT2D eigenvalue weighted by molar-refractivity contribution is 5.44. The molecule has 0 saturated carbocycles. The minimum absolute atomic E-state index is 0.0793. The highest BCUT2D eigenvalue weighted by Crippen LogP contribution is 2.19. The first kappa shape index (κ1) is 10.8. The van der Waals surface area contributed by atoms with Gasteiger partial charge in [-0.15, -0.1) is 0 Å². The zero-order valence-electron chi connectivity index (χ0n) is 7.96. The molecule has 0 aliphatic heterocycles. The summed E-state index contributed by atoms with van der Waals surface area (Å²) < 4.78 is 0.885. The summed E-state index contributed by atoms with van der Waals surface area (Å²) in [5.41, 5.74) is -2.02. The lowest BCUT2D eigenvalue weighted by Gasteiger charge is -2.03. The van der Waals surface area contributed by atoms with Gasteiger partial charge >= 0.3 is 11.2 Å². The molecule has 0 spiro atoms. The van der Waals surface area contributed by atoms with Gasteiger partial charge in [0.2, 0.25) is 0 Å². The van der Waals surface area contributed by atoms with E-state index >= 15 is 0 Å². The summed E-state index contributed by atoms with van der Waals surface area (Å²) in [6, 6.07) is 0.678. The number of rotatable bonds is 2. The summed E-state index contributed by atoms with van der Waals surface area (Å²) in [7, 11) is 1.25. The van der Waals surface area contributed by atoms with Crippen LogP contribution in [0.3, 0.4) is 0 Å². The molecule has 0 N–H and O–H groups in total. The van der Waals surface area contributed by atoms with Gasteiger partial charge in [0.25, 0.3) is 5.69 Å². The summed E-state index contributed by atoms with van der Waals surface area (Å²) >= 11 is 0. The highest BCUT2D eigenvalue weighted by atomic mass is 16.6. The van der Waals surface area contributed by atoms with E-state index in [1.165, 1.54) is 14.0 Å². The van der Waals surface area contributed by atoms with Gasteiger partial charge in [-0.05, 0) is 6.92 Å². The number of nitro groups is 2. The second-order valence-corrected chi connectivity index (χ2v) is 2.88. The normalized spacial score (nSPS) is 10.0. The predicted octanol–water partition coefficient (Wildman–Crippen LogP) is 0.510. The van der Waals surface area contributed by atoms with E-state index in [0.29, 0.717) is 6.07 Å². The van der Waals surface area contributed by atoms with Crippen LogP contribution in [0.5, 0.6) is 0 Å². The topological polar surface area (TPSA) is 108 Å². The van der Waals surface area contributed by atoms with Crippen molar-refractivity contribution < 1.29 is 9.85 Å². The van der Waals surface area contributed by atoms with Crippen molar-refractivity contribution in [3.63, 3.8) is 0 Å². The van der Waals surface area contributed by atoms with Crippen molar-refractivity contribution in [3.8, 4) is 0 Å². The van der Waals surface area contributed by atoms with E-state index in [-0.39, 0.29) is 5.69 Å². The molecule has 80 valence electrons. The first-order chi connectivity index (χ1) is 6.86. The molecule has 0 atom stereocenters. The third kappa shape index (κ3) is 1.68. The molecule has 0 aliphatic rings. The summed E-state index contributed by atoms with van der Waals surface area (Å²) in [4.78, 5) is 30.6. The minimum atomic E-state index is -0.936. The molecule has 0 amide bonds. The SMILES string of the molecule is Cc1c([N+](=O)[O-])cc([N+](=O)[O-])c(=O)n1C. The van der Waals surface area contributed by atoms with Crippen LogP contribution in [0.4, 0.5) is 11.4 Å². The number of hydrogen-bond donors (Lipinski definition) is 0. The number of aromatic nitrogens is 1. The van der Waals surface area contributed by atoms with Crippen LogP contribution in [0.2, 0.25) is 0 Å². The maximum Gasteiger partial charge on any atom is 0.340 e. The van der Waals surface area contributed by atoms with E-state index in [4.69, 9.17) is 0 Å². The zero-order valence-corrected chi connectivity index (χ0v) is 7.96. The van der Waals surface area contributed by atoms with Crippen LogP contribution >= 0.6 is 0 Å². The lowest BCUT2D eigenvalue weighted by molar-refractivity contribution is -0.396. The van der Waals surface area contributed by atoms with Crippen LogP contribution in [0.25, 0.3) is 0 Å². The molecule has 0 bridgehead atoms. The molecule has 8 nitrogen and oxygen atoms in total. The van der Waals surface area contributed by atoms with Crippen LogP contribution in [-0.4, -0.2) is 14.4 Å². The van der Waals surface area contributed by atoms with E-state index in [2.05, 4.69) is 0 Å². The first-order valence-electron chi connectivity index (χ1n) is 3.85. The molecule has 1 aromatic rings. The summed E-state index contributed by atoms with van der Waals surface area (Å²) in [6.07, 6.45) is 0. The molecule has 0 aromatic carbocycles. The molecular weight excluding hydrogens is 206 g/mol. The molecule has 15 heavy (non-hydrogen) atoms. The Balaban J connectivity index is 3.67. The molecule has 0 unspecified atom stereocenters. The van der Waals surface area contributed by atoms with Crippen molar-refractivity contribution >= 4 is 11.4 Å². The quantitative estimate of drug-likeness (QED) is 0.525. The Kier molecular flexibility index (Phi) is 2.51. The van der Waals surface area contributed by atoms with Gasteiger partial charge in [0.15, 0.2) is 0 Å². The molecule has 0 saturated heterocycles. The summed E-state index contributed by atoms with van der Waals surface area (Å²) in [5.74, 6) is 0. The molecule has 1 heterocycles. The van der Waals surface area contributed by atoms with Crippen LogP contribution in [0, 0.1) is 27.2 Å². The van der Waals surface area contributed by atoms with Crippen molar-refractivity contribution in [2.45, 2.75) is 6.92 Å². The Morgan fingerprint density at radius 1 is 1.20 bits per heavy atom. The highest BCUT2D eigenvalue weighted by Gasteiger charge is 2.23. The second kappa shape index (κ2) is 3.48. The summed E-state index contributed by atoms with van der Waals surface area (Å²) in [6.45, 7) is 1.35. The molecule has 0 radical (unpaired) electrons. The van der Waals surface area contributed by atoms with Crippen molar-refractivity contribution in [1.29, 1.82) is 0 Å². The van der Waals surface area contributed by atoms with E-state index < -0.39 is 26.8 Å². The Morgan fingerprint density at radius 2 is 1.67 bits per heavy atom. The Bertz CT molecular complexity index is 504. The van der Waals surface area contributed by atoms with Crippen LogP contribution in [0.1, 0.15) is 5.69 Å². The minimum Gasteiger partial charge on any atom is -0.304 e. The summed E-state index contributed by atoms with van der Waals surface area (Å²) in [5, 5.41) is 21.0. The van der Waals surface area contributed by atoms with Gasteiger partial charge in [0.05, 0.1) is 15.5 Å². The van der Waals surface area contributed by atoms with Crippen LogP contribution < -0.4 is 5.56 Å². The lowest BCUT2D eigenvalue weighted by atomic mass is 10.3. The monoisotopic (exact) mass is 213 g/mol. The Morgan fingerprint density at radius 3 is 2.07 bits per heavy atom. The van der Waals surface area contributed by atoms with E-state index in [0.717, 1.165) is 4.57 Å². The number of pyridine rings is 1. The van der Waals surface area contributed by atoms with Crippen LogP contribution in [-0.2, 0) is 7.05 Å². The smallest absolute Gasteiger partial charge is 0.304 e. The van der Waals surface area contributed by atoms with Gasteiger partial charge < -0.3 is 4.57 Å². The first-order valence-corrected chi connectivity index (χ1v) is 3.85. The molecule has 0 fully saturated rings. The average molecular weight is 213 g/mol. The fraction of sp³-hybridized carbons (Fsp3) is 0.286. The standard InChI is InChI=1S/C7H7N3O5/c1-4-5(9(12)13)3-6(10(14)15)7(11)8(4)2/h3H,1-2H3. The Hall–Kier alpha value is -2.25. The fourth-order valence-corrected chi connectivity index (χ4v) is 1.11. The lowest BCUT2D eigenvalue weighted by Crippen LogP contribution is -2.22. The van der Waals surface area contributed by atoms with Crippen LogP contribution in [0.15, 0.2) is 10.9 Å². The van der Waals surface area contributed by atoms with Crippen molar-refractivity contribution in [3.05, 3.63) is 42.3 Å². The molecule has 1 aromatic heterocycles. The fourth-order valence-electron chi connectivity index (χ4n) is 1.11.